The number of ether oxygens (including phenoxy) is 1. The van der Waals surface area contributed by atoms with Crippen LogP contribution in [0.1, 0.15) is 64.4 Å². The minimum absolute atomic E-state index is 0.0846. The van der Waals surface area contributed by atoms with Gasteiger partial charge in [-0.1, -0.05) is 68.8 Å². The van der Waals surface area contributed by atoms with Gasteiger partial charge in [0, 0.05) is 11.1 Å². The lowest BCUT2D eigenvalue weighted by atomic mass is 9.99. The number of unbranched alkanes of at least 4 members (excludes halogenated alkanes) is 5. The molecule has 0 saturated heterocycles. The number of halogens is 4. The van der Waals surface area contributed by atoms with E-state index in [-0.39, 0.29) is 10.1 Å². The van der Waals surface area contributed by atoms with Gasteiger partial charge in [0.15, 0.2) is 6.61 Å². The van der Waals surface area contributed by atoms with Crippen LogP contribution in [0.5, 0.6) is 0 Å². The molecule has 1 aromatic rings. The third-order valence-corrected chi connectivity index (χ3v) is 6.43. The van der Waals surface area contributed by atoms with Crippen LogP contribution in [0.25, 0.3) is 0 Å². The number of rotatable bonds is 11. The summed E-state index contributed by atoms with van der Waals surface area (Å²) in [7, 11) is 0. The number of alkyl halides is 3. The van der Waals surface area contributed by atoms with Crippen molar-refractivity contribution in [2.45, 2.75) is 69.7 Å². The Morgan fingerprint density at radius 2 is 1.87 bits per heavy atom. The van der Waals surface area contributed by atoms with Gasteiger partial charge >= 0.3 is 6.18 Å². The molecule has 1 aliphatic rings. The number of carbonyl (C=O) groups excluding carboxylic acids is 2. The van der Waals surface area contributed by atoms with Gasteiger partial charge in [0.2, 0.25) is 5.12 Å². The summed E-state index contributed by atoms with van der Waals surface area (Å²) >= 11 is 6.81. The molecule has 0 aliphatic carbocycles. The standard InChI is InChI=1S/C22H27ClF3NO3S/c1-3-4-5-6-7-8-11-21(2)18(13-20(29)31-21)30-14-19(28)27-17-10-9-15(23)12-16(17)22(24,25)26/h9-10,12-13H,3-8,11,14H2,1-2H3,(H,27,28). The van der Waals surface area contributed by atoms with Crippen molar-refractivity contribution in [1.29, 1.82) is 0 Å². The summed E-state index contributed by atoms with van der Waals surface area (Å²) in [5.41, 5.74) is -1.43. The van der Waals surface area contributed by atoms with Gasteiger partial charge in [-0.05, 0) is 31.5 Å². The predicted octanol–water partition coefficient (Wildman–Crippen LogP) is 6.98. The van der Waals surface area contributed by atoms with Crippen molar-refractivity contribution < 1.29 is 27.5 Å². The van der Waals surface area contributed by atoms with E-state index in [9.17, 15) is 22.8 Å². The van der Waals surface area contributed by atoms with Crippen LogP contribution in [0.15, 0.2) is 30.0 Å². The Bertz CT molecular complexity index is 829. The Kier molecular flexibility index (Phi) is 9.30. The first kappa shape index (κ1) is 25.6. The fourth-order valence-corrected chi connectivity index (χ4v) is 4.61. The second-order valence-corrected chi connectivity index (χ2v) is 9.65. The number of hydrogen-bond donors (Lipinski definition) is 1. The van der Waals surface area contributed by atoms with E-state index in [0.29, 0.717) is 5.76 Å². The van der Waals surface area contributed by atoms with E-state index in [0.717, 1.165) is 49.6 Å². The smallest absolute Gasteiger partial charge is 0.418 e. The molecular formula is C22H27ClF3NO3S. The fraction of sp³-hybridized carbons (Fsp3) is 0.545. The zero-order valence-electron chi connectivity index (χ0n) is 17.6. The van der Waals surface area contributed by atoms with Crippen LogP contribution in [0.2, 0.25) is 5.02 Å². The molecule has 1 atom stereocenters. The van der Waals surface area contributed by atoms with Crippen LogP contribution in [-0.4, -0.2) is 22.4 Å². The van der Waals surface area contributed by atoms with E-state index in [1.54, 1.807) is 0 Å². The molecule has 0 spiro atoms. The number of hydrogen-bond acceptors (Lipinski definition) is 4. The molecule has 4 nitrogen and oxygen atoms in total. The number of nitrogens with one attached hydrogen (secondary N) is 1. The topological polar surface area (TPSA) is 55.4 Å². The predicted molar refractivity (Wildman–Crippen MR) is 118 cm³/mol. The Morgan fingerprint density at radius 1 is 1.19 bits per heavy atom. The molecule has 1 N–H and O–H groups in total. The maximum Gasteiger partial charge on any atom is 0.418 e. The molecule has 0 fully saturated rings. The van der Waals surface area contributed by atoms with Crippen molar-refractivity contribution >= 4 is 40.1 Å². The van der Waals surface area contributed by atoms with E-state index >= 15 is 0 Å². The summed E-state index contributed by atoms with van der Waals surface area (Å²) in [6.07, 6.45) is 4.08. The van der Waals surface area contributed by atoms with Crippen molar-refractivity contribution in [3.05, 3.63) is 40.6 Å². The van der Waals surface area contributed by atoms with Gasteiger partial charge in [0.05, 0.1) is 16.0 Å². The van der Waals surface area contributed by atoms with E-state index in [1.807, 2.05) is 6.92 Å². The number of amides is 1. The molecule has 9 heteroatoms. The van der Waals surface area contributed by atoms with Crippen LogP contribution in [-0.2, 0) is 20.5 Å². The lowest BCUT2D eigenvalue weighted by Gasteiger charge is -2.26. The van der Waals surface area contributed by atoms with Crippen molar-refractivity contribution in [1.82, 2.24) is 0 Å². The highest BCUT2D eigenvalue weighted by Crippen LogP contribution is 2.44. The van der Waals surface area contributed by atoms with Crippen LogP contribution in [0.3, 0.4) is 0 Å². The largest absolute Gasteiger partial charge is 0.486 e. The Morgan fingerprint density at radius 3 is 2.55 bits per heavy atom. The molecule has 0 saturated carbocycles. The van der Waals surface area contributed by atoms with E-state index in [2.05, 4.69) is 12.2 Å². The van der Waals surface area contributed by atoms with Crippen LogP contribution < -0.4 is 5.32 Å². The third kappa shape index (κ3) is 7.75. The van der Waals surface area contributed by atoms with Crippen LogP contribution in [0, 0.1) is 0 Å². The SMILES string of the molecule is CCCCCCCCC1(C)SC(=O)C=C1OCC(=O)Nc1ccc(Cl)cc1C(F)(F)F. The lowest BCUT2D eigenvalue weighted by Crippen LogP contribution is -2.26. The summed E-state index contributed by atoms with van der Waals surface area (Å²) in [5, 5.41) is 1.98. The molecule has 0 aromatic heterocycles. The second kappa shape index (κ2) is 11.3. The molecule has 1 heterocycles. The number of anilines is 1. The van der Waals surface area contributed by atoms with Crippen LogP contribution in [0.4, 0.5) is 18.9 Å². The zero-order valence-corrected chi connectivity index (χ0v) is 19.2. The summed E-state index contributed by atoms with van der Waals surface area (Å²) in [5.74, 6) is -0.363. The monoisotopic (exact) mass is 477 g/mol. The quantitative estimate of drug-likeness (QED) is 0.349. The number of carbonyl (C=O) groups is 2. The van der Waals surface area contributed by atoms with Gasteiger partial charge in [-0.3, -0.25) is 9.59 Å². The molecule has 1 amide bonds. The molecular weight excluding hydrogens is 451 g/mol. The van der Waals surface area contributed by atoms with Gasteiger partial charge in [-0.25, -0.2) is 0 Å². The fourth-order valence-electron chi connectivity index (χ4n) is 3.36. The van der Waals surface area contributed by atoms with Gasteiger partial charge in [0.1, 0.15) is 5.76 Å². The van der Waals surface area contributed by atoms with E-state index < -0.39 is 34.7 Å². The molecule has 0 bridgehead atoms. The molecule has 31 heavy (non-hydrogen) atoms. The summed E-state index contributed by atoms with van der Waals surface area (Å²) in [6, 6.07) is 3.12. The first-order valence-electron chi connectivity index (χ1n) is 10.3. The highest BCUT2D eigenvalue weighted by molar-refractivity contribution is 8.15. The lowest BCUT2D eigenvalue weighted by molar-refractivity contribution is -0.137. The summed E-state index contributed by atoms with van der Waals surface area (Å²) in [4.78, 5) is 24.2. The van der Waals surface area contributed by atoms with E-state index in [1.165, 1.54) is 31.4 Å². The number of thioether (sulfide) groups is 1. The molecule has 0 radical (unpaired) electrons. The van der Waals surface area contributed by atoms with Gasteiger partial charge in [-0.15, -0.1) is 0 Å². The van der Waals surface area contributed by atoms with Crippen molar-refractivity contribution in [3.8, 4) is 0 Å². The Hall–Kier alpha value is -1.67. The first-order chi connectivity index (χ1) is 14.5. The number of benzene rings is 1. The first-order valence-corrected chi connectivity index (χ1v) is 11.5. The molecule has 1 aliphatic heterocycles. The Labute approximate surface area is 189 Å². The van der Waals surface area contributed by atoms with Gasteiger partial charge < -0.3 is 10.1 Å². The average Bonchev–Trinajstić information content (AvgIpc) is 2.97. The van der Waals surface area contributed by atoms with E-state index in [4.69, 9.17) is 16.3 Å². The summed E-state index contributed by atoms with van der Waals surface area (Å²) < 4.78 is 44.5. The molecule has 172 valence electrons. The highest BCUT2D eigenvalue weighted by atomic mass is 35.5. The molecule has 1 aromatic carbocycles. The van der Waals surface area contributed by atoms with Crippen molar-refractivity contribution in [2.24, 2.45) is 0 Å². The van der Waals surface area contributed by atoms with Crippen molar-refractivity contribution in [2.75, 3.05) is 11.9 Å². The molecule has 2 rings (SSSR count). The molecule has 1 unspecified atom stereocenters. The average molecular weight is 478 g/mol. The Balaban J connectivity index is 1.93. The highest BCUT2D eigenvalue weighted by Gasteiger charge is 2.39. The van der Waals surface area contributed by atoms with Gasteiger partial charge in [0.25, 0.3) is 5.91 Å². The summed E-state index contributed by atoms with van der Waals surface area (Å²) in [6.45, 7) is 3.55. The van der Waals surface area contributed by atoms with Crippen molar-refractivity contribution in [3.63, 3.8) is 0 Å². The minimum Gasteiger partial charge on any atom is -0.486 e. The zero-order chi connectivity index (χ0) is 23.1. The normalized spacial score (nSPS) is 18.8. The second-order valence-electron chi connectivity index (χ2n) is 7.70. The van der Waals surface area contributed by atoms with Crippen LogP contribution >= 0.6 is 23.4 Å². The third-order valence-electron chi connectivity index (χ3n) is 5.02. The maximum atomic E-state index is 13.2. The van der Waals surface area contributed by atoms with Gasteiger partial charge in [-0.2, -0.15) is 13.2 Å². The minimum atomic E-state index is -4.67. The maximum absolute atomic E-state index is 13.2.